The molecule has 0 atom stereocenters. The number of benzene rings is 3. The van der Waals surface area contributed by atoms with E-state index in [9.17, 15) is 18.0 Å². The monoisotopic (exact) mass is 573 g/mol. The second-order valence-corrected chi connectivity index (χ2v) is 11.2. The maximum atomic E-state index is 12.9. The van der Waals surface area contributed by atoms with Crippen LogP contribution in [0, 0.1) is 13.8 Å². The number of hydrogen-bond acceptors (Lipinski definition) is 6. The molecule has 0 fully saturated rings. The molecule has 0 saturated heterocycles. The van der Waals surface area contributed by atoms with Crippen molar-refractivity contribution in [2.75, 3.05) is 5.32 Å². The van der Waals surface area contributed by atoms with Crippen LogP contribution in [0.2, 0.25) is 5.02 Å². The highest BCUT2D eigenvalue weighted by molar-refractivity contribution is 7.90. The molecule has 0 unspecified atom stereocenters. The molecule has 11 heteroatoms. The second kappa shape index (κ2) is 10.9. The SMILES string of the molecule is Cc1ccc(S(=O)(=O)NC(=O)c2ccc3nc(C)n(Cc4ccc(NC(=O)c5ccccc5)cc4Cl)c3n2)cc1. The number of hydrogen-bond donors (Lipinski definition) is 2. The molecule has 0 bridgehead atoms. The van der Waals surface area contributed by atoms with E-state index in [0.717, 1.165) is 11.1 Å². The first-order valence-electron chi connectivity index (χ1n) is 12.2. The molecule has 2 N–H and O–H groups in total. The number of halogens is 1. The summed E-state index contributed by atoms with van der Waals surface area (Å²) in [5.74, 6) is -0.477. The Kier molecular flexibility index (Phi) is 7.38. The predicted molar refractivity (Wildman–Crippen MR) is 153 cm³/mol. The van der Waals surface area contributed by atoms with Gasteiger partial charge in [-0.1, -0.05) is 53.6 Å². The molecule has 40 heavy (non-hydrogen) atoms. The highest BCUT2D eigenvalue weighted by Crippen LogP contribution is 2.25. The Balaban J connectivity index is 1.37. The van der Waals surface area contributed by atoms with Gasteiger partial charge in [0.05, 0.1) is 11.4 Å². The summed E-state index contributed by atoms with van der Waals surface area (Å²) >= 11 is 6.57. The van der Waals surface area contributed by atoms with Crippen molar-refractivity contribution in [3.63, 3.8) is 0 Å². The van der Waals surface area contributed by atoms with Crippen molar-refractivity contribution in [3.8, 4) is 0 Å². The van der Waals surface area contributed by atoms with Crippen LogP contribution in [0.1, 0.15) is 37.8 Å². The predicted octanol–water partition coefficient (Wildman–Crippen LogP) is 5.12. The van der Waals surface area contributed by atoms with E-state index in [4.69, 9.17) is 11.6 Å². The molecule has 2 aromatic heterocycles. The van der Waals surface area contributed by atoms with Crippen molar-refractivity contribution >= 4 is 50.3 Å². The Morgan fingerprint density at radius 3 is 2.30 bits per heavy atom. The lowest BCUT2D eigenvalue weighted by atomic mass is 10.1. The van der Waals surface area contributed by atoms with E-state index in [0.29, 0.717) is 33.3 Å². The summed E-state index contributed by atoms with van der Waals surface area (Å²) in [7, 11) is -4.08. The van der Waals surface area contributed by atoms with Crippen LogP contribution in [0.25, 0.3) is 11.2 Å². The number of carbonyl (C=O) groups is 2. The first kappa shape index (κ1) is 27.0. The highest BCUT2D eigenvalue weighted by Gasteiger charge is 2.21. The minimum atomic E-state index is -4.08. The van der Waals surface area contributed by atoms with E-state index in [-0.39, 0.29) is 23.0 Å². The van der Waals surface area contributed by atoms with Crippen LogP contribution in [0.3, 0.4) is 0 Å². The smallest absolute Gasteiger partial charge is 0.283 e. The first-order chi connectivity index (χ1) is 19.1. The van der Waals surface area contributed by atoms with E-state index < -0.39 is 15.9 Å². The lowest BCUT2D eigenvalue weighted by molar-refractivity contribution is 0.0975. The van der Waals surface area contributed by atoms with Crippen LogP contribution < -0.4 is 10.0 Å². The van der Waals surface area contributed by atoms with Crippen molar-refractivity contribution in [3.05, 3.63) is 118 Å². The van der Waals surface area contributed by atoms with Crippen LogP contribution in [0.4, 0.5) is 5.69 Å². The summed E-state index contributed by atoms with van der Waals surface area (Å²) in [4.78, 5) is 34.3. The number of fused-ring (bicyclic) bond motifs is 1. The average Bonchev–Trinajstić information content (AvgIpc) is 3.24. The minimum absolute atomic E-state index is 0.0218. The average molecular weight is 574 g/mol. The number of aromatic nitrogens is 3. The van der Waals surface area contributed by atoms with Gasteiger partial charge in [0.1, 0.15) is 17.0 Å². The molecule has 0 saturated carbocycles. The van der Waals surface area contributed by atoms with E-state index >= 15 is 0 Å². The molecule has 0 aliphatic carbocycles. The minimum Gasteiger partial charge on any atom is -0.322 e. The highest BCUT2D eigenvalue weighted by atomic mass is 35.5. The van der Waals surface area contributed by atoms with Gasteiger partial charge in [-0.25, -0.2) is 23.1 Å². The Bertz CT molecular complexity index is 1850. The lowest BCUT2D eigenvalue weighted by Gasteiger charge is -2.11. The van der Waals surface area contributed by atoms with Gasteiger partial charge in [0.15, 0.2) is 5.65 Å². The van der Waals surface area contributed by atoms with Crippen molar-refractivity contribution < 1.29 is 18.0 Å². The molecule has 9 nitrogen and oxygen atoms in total. The number of pyridine rings is 1. The van der Waals surface area contributed by atoms with E-state index in [2.05, 4.69) is 20.0 Å². The largest absolute Gasteiger partial charge is 0.322 e. The molecule has 2 amide bonds. The van der Waals surface area contributed by atoms with Crippen LogP contribution in [-0.4, -0.2) is 34.8 Å². The third kappa shape index (κ3) is 5.73. The topological polar surface area (TPSA) is 123 Å². The number of carbonyl (C=O) groups excluding carboxylic acids is 2. The first-order valence-corrected chi connectivity index (χ1v) is 14.1. The Morgan fingerprint density at radius 1 is 0.875 bits per heavy atom. The zero-order valence-corrected chi connectivity index (χ0v) is 23.1. The maximum absolute atomic E-state index is 12.9. The molecule has 5 aromatic rings. The molecule has 0 spiro atoms. The summed E-state index contributed by atoms with van der Waals surface area (Å²) in [5.41, 5.74) is 3.57. The van der Waals surface area contributed by atoms with Gasteiger partial charge >= 0.3 is 0 Å². The van der Waals surface area contributed by atoms with Crippen molar-refractivity contribution in [2.24, 2.45) is 0 Å². The molecular weight excluding hydrogens is 550 g/mol. The van der Waals surface area contributed by atoms with Gasteiger partial charge in [0.25, 0.3) is 21.8 Å². The number of aryl methyl sites for hydroxylation is 2. The maximum Gasteiger partial charge on any atom is 0.283 e. The summed E-state index contributed by atoms with van der Waals surface area (Å²) < 4.78 is 29.3. The van der Waals surface area contributed by atoms with E-state index in [1.807, 2.05) is 13.0 Å². The van der Waals surface area contributed by atoms with Gasteiger partial charge in [-0.15, -0.1) is 0 Å². The lowest BCUT2D eigenvalue weighted by Crippen LogP contribution is -2.31. The molecule has 202 valence electrons. The number of amides is 2. The van der Waals surface area contributed by atoms with Gasteiger partial charge in [-0.3, -0.25) is 9.59 Å². The zero-order valence-electron chi connectivity index (χ0n) is 21.6. The molecule has 0 aliphatic heterocycles. The Morgan fingerprint density at radius 2 is 1.60 bits per heavy atom. The third-order valence-electron chi connectivity index (χ3n) is 6.25. The van der Waals surface area contributed by atoms with Gasteiger partial charge in [-0.2, -0.15) is 0 Å². The summed E-state index contributed by atoms with van der Waals surface area (Å²) in [5, 5.41) is 3.25. The molecule has 0 radical (unpaired) electrons. The normalized spacial score (nSPS) is 11.4. The van der Waals surface area contributed by atoms with Crippen LogP contribution in [0.15, 0.2) is 89.8 Å². The number of rotatable bonds is 7. The van der Waals surface area contributed by atoms with Gasteiger partial charge < -0.3 is 9.88 Å². The second-order valence-electron chi connectivity index (χ2n) is 9.16. The molecule has 2 heterocycles. The summed E-state index contributed by atoms with van der Waals surface area (Å²) in [6, 6.07) is 23.3. The van der Waals surface area contributed by atoms with E-state index in [1.165, 1.54) is 18.2 Å². The number of imidazole rings is 1. The summed E-state index contributed by atoms with van der Waals surface area (Å²) in [6.07, 6.45) is 0. The summed E-state index contributed by atoms with van der Waals surface area (Å²) in [6.45, 7) is 3.92. The third-order valence-corrected chi connectivity index (χ3v) is 7.95. The zero-order chi connectivity index (χ0) is 28.4. The number of nitrogens with zero attached hydrogens (tertiary/aromatic N) is 3. The molecular formula is C29H24ClN5O4S. The molecule has 0 aliphatic rings. The number of anilines is 1. The quantitative estimate of drug-likeness (QED) is 0.278. The fourth-order valence-corrected chi connectivity index (χ4v) is 5.30. The van der Waals surface area contributed by atoms with Gasteiger partial charge in [0.2, 0.25) is 0 Å². The van der Waals surface area contributed by atoms with E-state index in [1.54, 1.807) is 72.2 Å². The van der Waals surface area contributed by atoms with Crippen LogP contribution >= 0.6 is 11.6 Å². The standard InChI is InChI=1S/C29H24ClN5O4S/c1-18-8-12-23(13-9-18)40(38,39)34-29(37)26-15-14-25-27(33-26)35(19(2)31-25)17-21-10-11-22(16-24(21)30)32-28(36)20-6-4-3-5-7-20/h3-16H,17H2,1-2H3,(H,32,36)(H,34,37). The Labute approximate surface area is 235 Å². The number of sulfonamides is 1. The van der Waals surface area contributed by atoms with Crippen molar-refractivity contribution in [2.45, 2.75) is 25.3 Å². The van der Waals surface area contributed by atoms with Crippen LogP contribution in [0.5, 0.6) is 0 Å². The molecule has 3 aromatic carbocycles. The molecule has 5 rings (SSSR count). The van der Waals surface area contributed by atoms with Crippen LogP contribution in [-0.2, 0) is 16.6 Å². The Hall–Kier alpha value is -4.54. The fourth-order valence-electron chi connectivity index (χ4n) is 4.10. The fraction of sp³-hybridized carbons (Fsp3) is 0.103. The number of nitrogens with one attached hydrogen (secondary N) is 2. The van der Waals surface area contributed by atoms with Gasteiger partial charge in [0, 0.05) is 16.3 Å². The van der Waals surface area contributed by atoms with Crippen molar-refractivity contribution in [1.29, 1.82) is 0 Å². The van der Waals surface area contributed by atoms with Gasteiger partial charge in [-0.05, 0) is 67.9 Å². The van der Waals surface area contributed by atoms with Crippen molar-refractivity contribution in [1.82, 2.24) is 19.3 Å².